The van der Waals surface area contributed by atoms with Gasteiger partial charge in [-0.05, 0) is 36.4 Å². The maximum absolute atomic E-state index is 14.3. The number of carbonyl (C=O) groups is 1. The quantitative estimate of drug-likeness (QED) is 0.515. The van der Waals surface area contributed by atoms with Gasteiger partial charge in [-0.2, -0.15) is 5.10 Å². The van der Waals surface area contributed by atoms with Crippen molar-refractivity contribution in [2.24, 2.45) is 0 Å². The fraction of sp³-hybridized carbons (Fsp3) is 0.0870. The average molecular weight is 418 g/mol. The zero-order chi connectivity index (χ0) is 22.0. The summed E-state index contributed by atoms with van der Waals surface area (Å²) in [5.74, 6) is -1.57. The second-order valence-electron chi connectivity index (χ2n) is 6.95. The van der Waals surface area contributed by atoms with Crippen molar-refractivity contribution in [3.63, 3.8) is 0 Å². The Labute approximate surface area is 177 Å². The highest BCUT2D eigenvalue weighted by Gasteiger charge is 2.22. The van der Waals surface area contributed by atoms with Gasteiger partial charge in [0.2, 0.25) is 0 Å². The van der Waals surface area contributed by atoms with Gasteiger partial charge in [0.05, 0.1) is 29.7 Å². The Bertz CT molecular complexity index is 1240. The predicted molar refractivity (Wildman–Crippen MR) is 112 cm³/mol. The van der Waals surface area contributed by atoms with Gasteiger partial charge in [0, 0.05) is 24.9 Å². The molecule has 2 aromatic carbocycles. The van der Waals surface area contributed by atoms with Gasteiger partial charge in [0.1, 0.15) is 23.0 Å². The molecule has 7 nitrogen and oxygen atoms in total. The highest BCUT2D eigenvalue weighted by Crippen LogP contribution is 2.36. The molecule has 0 radical (unpaired) electrons. The van der Waals surface area contributed by atoms with Crippen molar-refractivity contribution in [3.8, 4) is 28.4 Å². The number of phenolic OH excluding ortho intramolecular Hbond substituents is 2. The van der Waals surface area contributed by atoms with Crippen LogP contribution in [0, 0.1) is 5.82 Å². The number of para-hydroxylation sites is 1. The first-order valence-electron chi connectivity index (χ1n) is 9.46. The maximum Gasteiger partial charge on any atom is 0.257 e. The molecule has 2 aromatic heterocycles. The molecule has 0 saturated heterocycles. The molecular formula is C23H19FN4O3. The molecule has 0 aliphatic carbocycles. The maximum atomic E-state index is 14.3. The molecule has 4 rings (SSSR count). The second-order valence-corrected chi connectivity index (χ2v) is 6.95. The van der Waals surface area contributed by atoms with E-state index in [4.69, 9.17) is 0 Å². The largest absolute Gasteiger partial charge is 0.507 e. The minimum Gasteiger partial charge on any atom is -0.507 e. The van der Waals surface area contributed by atoms with E-state index in [2.05, 4.69) is 10.1 Å². The Morgan fingerprint density at radius 3 is 2.55 bits per heavy atom. The van der Waals surface area contributed by atoms with E-state index >= 15 is 0 Å². The molecular weight excluding hydrogens is 399 g/mol. The van der Waals surface area contributed by atoms with Crippen molar-refractivity contribution in [2.75, 3.05) is 7.05 Å². The number of aromatic nitrogens is 3. The van der Waals surface area contributed by atoms with Crippen LogP contribution in [0.25, 0.3) is 16.9 Å². The molecule has 2 heterocycles. The number of halogens is 1. The number of amides is 1. The zero-order valence-electron chi connectivity index (χ0n) is 16.6. The molecule has 0 bridgehead atoms. The smallest absolute Gasteiger partial charge is 0.257 e. The lowest BCUT2D eigenvalue weighted by molar-refractivity contribution is 0.0780. The van der Waals surface area contributed by atoms with E-state index < -0.39 is 11.7 Å². The Hall–Kier alpha value is -4.20. The number of phenols is 2. The summed E-state index contributed by atoms with van der Waals surface area (Å²) in [4.78, 5) is 18.6. The Morgan fingerprint density at radius 2 is 1.81 bits per heavy atom. The van der Waals surface area contributed by atoms with E-state index in [1.165, 1.54) is 27.9 Å². The van der Waals surface area contributed by atoms with E-state index in [0.29, 0.717) is 11.4 Å². The molecule has 1 amide bonds. The standard InChI is InChI=1S/C23H19FN4O3/c1-27(14-15-6-4-5-10-25-15)23(31)17-12-16(21(29)13-22(17)30)19-9-11-26-28(19)20-8-3-2-7-18(20)24/h2-13,29-30H,14H2,1H3. The molecule has 0 spiro atoms. The number of aromatic hydroxyl groups is 2. The van der Waals surface area contributed by atoms with Gasteiger partial charge in [-0.1, -0.05) is 18.2 Å². The second kappa shape index (κ2) is 8.27. The van der Waals surface area contributed by atoms with Gasteiger partial charge < -0.3 is 15.1 Å². The first kappa shape index (κ1) is 20.1. The molecule has 0 aliphatic heterocycles. The van der Waals surface area contributed by atoms with Crippen LogP contribution < -0.4 is 0 Å². The Morgan fingerprint density at radius 1 is 1.03 bits per heavy atom. The van der Waals surface area contributed by atoms with Crippen LogP contribution >= 0.6 is 0 Å². The molecule has 0 fully saturated rings. The van der Waals surface area contributed by atoms with E-state index in [1.54, 1.807) is 49.6 Å². The molecule has 31 heavy (non-hydrogen) atoms. The van der Waals surface area contributed by atoms with Gasteiger partial charge in [0.15, 0.2) is 0 Å². The van der Waals surface area contributed by atoms with Crippen LogP contribution in [0.4, 0.5) is 4.39 Å². The third-order valence-corrected chi connectivity index (χ3v) is 4.82. The lowest BCUT2D eigenvalue weighted by atomic mass is 10.0. The van der Waals surface area contributed by atoms with E-state index in [9.17, 15) is 19.4 Å². The summed E-state index contributed by atoms with van der Waals surface area (Å²) in [6, 6.07) is 15.5. The molecule has 156 valence electrons. The molecule has 0 unspecified atom stereocenters. The number of benzene rings is 2. The van der Waals surface area contributed by atoms with Crippen LogP contribution in [0.2, 0.25) is 0 Å². The van der Waals surface area contributed by atoms with Crippen LogP contribution in [0.1, 0.15) is 16.1 Å². The summed E-state index contributed by atoms with van der Waals surface area (Å²) in [7, 11) is 1.59. The lowest BCUT2D eigenvalue weighted by Gasteiger charge is -2.18. The molecule has 2 N–H and O–H groups in total. The molecule has 0 saturated carbocycles. The SMILES string of the molecule is CN(Cc1ccccn1)C(=O)c1cc(-c2ccnn2-c2ccccc2F)c(O)cc1O. The van der Waals surface area contributed by atoms with E-state index in [-0.39, 0.29) is 34.9 Å². The topological polar surface area (TPSA) is 91.5 Å². The van der Waals surface area contributed by atoms with Crippen LogP contribution in [-0.2, 0) is 6.54 Å². The third-order valence-electron chi connectivity index (χ3n) is 4.82. The molecule has 8 heteroatoms. The summed E-state index contributed by atoms with van der Waals surface area (Å²) in [6.45, 7) is 0.239. The number of hydrogen-bond acceptors (Lipinski definition) is 5. The van der Waals surface area contributed by atoms with Gasteiger partial charge in [-0.25, -0.2) is 9.07 Å². The van der Waals surface area contributed by atoms with Crippen LogP contribution in [-0.4, -0.2) is 42.8 Å². The van der Waals surface area contributed by atoms with E-state index in [1.807, 2.05) is 6.07 Å². The number of carbonyl (C=O) groups excluding carboxylic acids is 1. The van der Waals surface area contributed by atoms with Crippen LogP contribution in [0.3, 0.4) is 0 Å². The summed E-state index contributed by atoms with van der Waals surface area (Å²) >= 11 is 0. The van der Waals surface area contributed by atoms with Crippen LogP contribution in [0.15, 0.2) is 73.1 Å². The van der Waals surface area contributed by atoms with E-state index in [0.717, 1.165) is 6.07 Å². The Balaban J connectivity index is 1.72. The first-order chi connectivity index (χ1) is 15.0. The van der Waals surface area contributed by atoms with Crippen molar-refractivity contribution >= 4 is 5.91 Å². The fourth-order valence-electron chi connectivity index (χ4n) is 3.29. The van der Waals surface area contributed by atoms with Gasteiger partial charge in [-0.3, -0.25) is 9.78 Å². The van der Waals surface area contributed by atoms with Gasteiger partial charge >= 0.3 is 0 Å². The predicted octanol–water partition coefficient (Wildman–Crippen LogP) is 3.76. The highest BCUT2D eigenvalue weighted by atomic mass is 19.1. The minimum absolute atomic E-state index is 0.00693. The van der Waals surface area contributed by atoms with Crippen molar-refractivity contribution in [1.82, 2.24) is 19.7 Å². The van der Waals surface area contributed by atoms with Crippen molar-refractivity contribution in [2.45, 2.75) is 6.54 Å². The van der Waals surface area contributed by atoms with Crippen LogP contribution in [0.5, 0.6) is 11.5 Å². The van der Waals surface area contributed by atoms with Crippen molar-refractivity contribution in [1.29, 1.82) is 0 Å². The first-order valence-corrected chi connectivity index (χ1v) is 9.46. The lowest BCUT2D eigenvalue weighted by Crippen LogP contribution is -2.26. The number of hydrogen-bond donors (Lipinski definition) is 2. The Kier molecular flexibility index (Phi) is 5.36. The number of rotatable bonds is 5. The summed E-state index contributed by atoms with van der Waals surface area (Å²) in [6.07, 6.45) is 3.09. The molecule has 4 aromatic rings. The number of nitrogens with zero attached hydrogens (tertiary/aromatic N) is 4. The zero-order valence-corrected chi connectivity index (χ0v) is 16.6. The third kappa shape index (κ3) is 3.95. The summed E-state index contributed by atoms with van der Waals surface area (Å²) in [5.41, 5.74) is 1.47. The van der Waals surface area contributed by atoms with Crippen molar-refractivity contribution in [3.05, 3.63) is 90.1 Å². The van der Waals surface area contributed by atoms with Gasteiger partial charge in [0.25, 0.3) is 5.91 Å². The fourth-order valence-corrected chi connectivity index (χ4v) is 3.29. The minimum atomic E-state index is -0.489. The normalized spacial score (nSPS) is 10.8. The molecule has 0 aliphatic rings. The molecule has 0 atom stereocenters. The monoisotopic (exact) mass is 418 g/mol. The summed E-state index contributed by atoms with van der Waals surface area (Å²) in [5, 5.41) is 24.9. The van der Waals surface area contributed by atoms with Crippen molar-refractivity contribution < 1.29 is 19.4 Å². The average Bonchev–Trinajstić information content (AvgIpc) is 3.23. The highest BCUT2D eigenvalue weighted by molar-refractivity contribution is 5.98. The van der Waals surface area contributed by atoms with Gasteiger partial charge in [-0.15, -0.1) is 0 Å². The summed E-state index contributed by atoms with van der Waals surface area (Å²) < 4.78 is 15.6. The number of pyridine rings is 1.